The van der Waals surface area contributed by atoms with Crippen LogP contribution in [0.2, 0.25) is 0 Å². The Morgan fingerprint density at radius 1 is 1.21 bits per heavy atom. The van der Waals surface area contributed by atoms with Crippen molar-refractivity contribution in [2.24, 2.45) is 0 Å². The summed E-state index contributed by atoms with van der Waals surface area (Å²) in [5.74, 6) is 1.78. The van der Waals surface area contributed by atoms with Crippen LogP contribution in [0.4, 0.5) is 11.8 Å². The minimum absolute atomic E-state index is 0.134. The fourth-order valence-electron chi connectivity index (χ4n) is 4.38. The van der Waals surface area contributed by atoms with Crippen LogP contribution in [0.5, 0.6) is 5.75 Å². The molecule has 1 aliphatic rings. The summed E-state index contributed by atoms with van der Waals surface area (Å²) in [6.45, 7) is 4.29. The van der Waals surface area contributed by atoms with Gasteiger partial charge in [-0.15, -0.1) is 0 Å². The van der Waals surface area contributed by atoms with Gasteiger partial charge in [0.05, 0.1) is 26.0 Å². The highest BCUT2D eigenvalue weighted by atomic mass is 16.5. The molecule has 0 amide bonds. The molecule has 9 heteroatoms. The topological polar surface area (TPSA) is 123 Å². The van der Waals surface area contributed by atoms with Gasteiger partial charge in [0.15, 0.2) is 5.82 Å². The van der Waals surface area contributed by atoms with Gasteiger partial charge in [-0.2, -0.15) is 10.1 Å². The summed E-state index contributed by atoms with van der Waals surface area (Å²) < 4.78 is 7.61. The zero-order valence-corrected chi connectivity index (χ0v) is 19.5. The molecule has 1 fully saturated rings. The number of hydrogen-bond acceptors (Lipinski definition) is 8. The van der Waals surface area contributed by atoms with E-state index in [-0.39, 0.29) is 12.1 Å². The molecule has 2 aromatic heterocycles. The van der Waals surface area contributed by atoms with Gasteiger partial charge >= 0.3 is 0 Å². The van der Waals surface area contributed by atoms with Crippen molar-refractivity contribution in [2.45, 2.75) is 70.7 Å². The number of aliphatic hydroxyl groups excluding tert-OH is 1. The van der Waals surface area contributed by atoms with Crippen molar-refractivity contribution in [1.82, 2.24) is 25.1 Å². The average molecular weight is 454 g/mol. The maximum absolute atomic E-state index is 9.70. The molecular weight excluding hydrogens is 418 g/mol. The number of rotatable bonds is 10. The smallest absolute Gasteiger partial charge is 0.222 e. The number of anilines is 2. The molecule has 33 heavy (non-hydrogen) atoms. The molecular formula is C24H35N7O2. The largest absolute Gasteiger partial charge is 0.496 e. The van der Waals surface area contributed by atoms with Gasteiger partial charge in [-0.3, -0.25) is 4.68 Å². The van der Waals surface area contributed by atoms with Crippen LogP contribution >= 0.6 is 0 Å². The van der Waals surface area contributed by atoms with Crippen molar-refractivity contribution >= 4 is 22.8 Å². The Morgan fingerprint density at radius 3 is 2.79 bits per heavy atom. The first kappa shape index (κ1) is 23.3. The van der Waals surface area contributed by atoms with Gasteiger partial charge in [0.1, 0.15) is 16.8 Å². The fourth-order valence-corrected chi connectivity index (χ4v) is 4.38. The van der Waals surface area contributed by atoms with E-state index in [0.717, 1.165) is 74.0 Å². The van der Waals surface area contributed by atoms with Crippen molar-refractivity contribution in [3.05, 3.63) is 35.5 Å². The number of methoxy groups -OCH3 is 1. The zero-order chi connectivity index (χ0) is 23.2. The summed E-state index contributed by atoms with van der Waals surface area (Å²) in [4.78, 5) is 8.76. The third-order valence-electron chi connectivity index (χ3n) is 6.29. The van der Waals surface area contributed by atoms with Gasteiger partial charge in [-0.1, -0.05) is 25.5 Å². The van der Waals surface area contributed by atoms with E-state index in [1.165, 1.54) is 5.56 Å². The van der Waals surface area contributed by atoms with Gasteiger partial charge in [0, 0.05) is 24.7 Å². The molecule has 0 saturated heterocycles. The molecule has 5 N–H and O–H groups in total. The average Bonchev–Trinajstić information content (AvgIpc) is 3.22. The van der Waals surface area contributed by atoms with E-state index in [2.05, 4.69) is 50.8 Å². The summed E-state index contributed by atoms with van der Waals surface area (Å²) in [7, 11) is 1.70. The molecule has 0 atom stereocenters. The van der Waals surface area contributed by atoms with Crippen molar-refractivity contribution in [3.63, 3.8) is 0 Å². The van der Waals surface area contributed by atoms with Crippen LogP contribution in [0.15, 0.2) is 24.4 Å². The minimum Gasteiger partial charge on any atom is -0.496 e. The van der Waals surface area contributed by atoms with Gasteiger partial charge in [-0.25, -0.2) is 4.98 Å². The number of unbranched alkanes of at least 4 members (excludes halogenated alkanes) is 1. The molecule has 4 rings (SSSR count). The van der Waals surface area contributed by atoms with E-state index in [1.807, 2.05) is 4.68 Å². The quantitative estimate of drug-likeness (QED) is 0.345. The van der Waals surface area contributed by atoms with E-state index in [9.17, 15) is 5.11 Å². The predicted octanol–water partition coefficient (Wildman–Crippen LogP) is 3.07. The first-order valence-electron chi connectivity index (χ1n) is 11.9. The molecule has 9 nitrogen and oxygen atoms in total. The van der Waals surface area contributed by atoms with Crippen LogP contribution in [0, 0.1) is 0 Å². The van der Waals surface area contributed by atoms with Gasteiger partial charge in [0.2, 0.25) is 5.95 Å². The van der Waals surface area contributed by atoms with Gasteiger partial charge in [0.25, 0.3) is 0 Å². The number of nitrogens with one attached hydrogen (secondary N) is 2. The van der Waals surface area contributed by atoms with Crippen LogP contribution in [0.3, 0.4) is 0 Å². The fraction of sp³-hybridized carbons (Fsp3) is 0.542. The lowest BCUT2D eigenvalue weighted by molar-refractivity contribution is 0.116. The zero-order valence-electron chi connectivity index (χ0n) is 19.5. The molecule has 0 spiro atoms. The number of aromatic nitrogens is 4. The molecule has 1 saturated carbocycles. The van der Waals surface area contributed by atoms with E-state index in [1.54, 1.807) is 13.3 Å². The summed E-state index contributed by atoms with van der Waals surface area (Å²) in [6.07, 6.45) is 7.52. The molecule has 0 bridgehead atoms. The first-order valence-corrected chi connectivity index (χ1v) is 11.9. The Morgan fingerprint density at radius 2 is 2.03 bits per heavy atom. The van der Waals surface area contributed by atoms with Crippen LogP contribution in [0.25, 0.3) is 11.0 Å². The Labute approximate surface area is 194 Å². The molecule has 0 radical (unpaired) electrons. The molecule has 0 unspecified atom stereocenters. The lowest BCUT2D eigenvalue weighted by atomic mass is 9.93. The second-order valence-corrected chi connectivity index (χ2v) is 8.78. The normalized spacial score (nSPS) is 18.5. The second-order valence-electron chi connectivity index (χ2n) is 8.78. The summed E-state index contributed by atoms with van der Waals surface area (Å²) in [6, 6.07) is 6.76. The number of hydrogen-bond donors (Lipinski definition) is 4. The van der Waals surface area contributed by atoms with Crippen LogP contribution in [-0.2, 0) is 13.1 Å². The van der Waals surface area contributed by atoms with Gasteiger partial charge < -0.3 is 26.2 Å². The summed E-state index contributed by atoms with van der Waals surface area (Å²) in [5.41, 5.74) is 9.67. The van der Waals surface area contributed by atoms with E-state index >= 15 is 0 Å². The maximum Gasteiger partial charge on any atom is 0.222 e. The minimum atomic E-state index is -0.134. The standard InChI is InChI=1S/C24H35N7O2/c1-3-4-11-26-23-22-20(29-24(25)30-23)14-28-31(22)15-17-6-5-16(12-21(17)33-2)13-27-18-7-9-19(32)10-8-18/h5-6,12,14,18-19,27,32H,3-4,7-11,13,15H2,1-2H3,(H3,25,26,29,30). The molecule has 1 aliphatic carbocycles. The van der Waals surface area contributed by atoms with Crippen molar-refractivity contribution in [1.29, 1.82) is 0 Å². The number of fused-ring (bicyclic) bond motifs is 1. The highest BCUT2D eigenvalue weighted by Gasteiger charge is 2.19. The van der Waals surface area contributed by atoms with E-state index in [4.69, 9.17) is 10.5 Å². The Kier molecular flexibility index (Phi) is 7.61. The monoisotopic (exact) mass is 453 g/mol. The second kappa shape index (κ2) is 10.8. The van der Waals surface area contributed by atoms with Crippen molar-refractivity contribution in [3.8, 4) is 5.75 Å². The Hall–Kier alpha value is -2.91. The Balaban J connectivity index is 1.50. The molecule has 2 heterocycles. The summed E-state index contributed by atoms with van der Waals surface area (Å²) >= 11 is 0. The number of benzene rings is 1. The third kappa shape index (κ3) is 5.72. The number of nitrogen functional groups attached to an aromatic ring is 1. The number of nitrogens with two attached hydrogens (primary N) is 1. The molecule has 3 aromatic rings. The maximum atomic E-state index is 9.70. The van der Waals surface area contributed by atoms with Crippen LogP contribution in [0.1, 0.15) is 56.6 Å². The van der Waals surface area contributed by atoms with Gasteiger partial charge in [-0.05, 0) is 43.7 Å². The Bertz CT molecular complexity index is 1060. The lowest BCUT2D eigenvalue weighted by Gasteiger charge is -2.26. The molecule has 1 aromatic carbocycles. The number of nitrogens with zero attached hydrogens (tertiary/aromatic N) is 4. The predicted molar refractivity (Wildman–Crippen MR) is 130 cm³/mol. The van der Waals surface area contributed by atoms with Crippen LogP contribution in [-0.4, -0.2) is 50.7 Å². The van der Waals surface area contributed by atoms with Crippen LogP contribution < -0.4 is 21.1 Å². The number of ether oxygens (including phenoxy) is 1. The van der Waals surface area contributed by atoms with Crippen molar-refractivity contribution in [2.75, 3.05) is 24.7 Å². The van der Waals surface area contributed by atoms with E-state index < -0.39 is 0 Å². The molecule has 178 valence electrons. The highest BCUT2D eigenvalue weighted by Crippen LogP contribution is 2.26. The lowest BCUT2D eigenvalue weighted by Crippen LogP contribution is -2.34. The molecule has 0 aliphatic heterocycles. The number of aliphatic hydroxyl groups is 1. The van der Waals surface area contributed by atoms with E-state index in [0.29, 0.717) is 18.4 Å². The summed E-state index contributed by atoms with van der Waals surface area (Å²) in [5, 5.41) is 21.2. The van der Waals surface area contributed by atoms with Crippen molar-refractivity contribution < 1.29 is 9.84 Å². The first-order chi connectivity index (χ1) is 16.1. The highest BCUT2D eigenvalue weighted by molar-refractivity contribution is 5.86. The third-order valence-corrected chi connectivity index (χ3v) is 6.29. The SMILES string of the molecule is CCCCNc1nc(N)nc2cnn(Cc3ccc(CNC4CCC(O)CC4)cc3OC)c12.